The largest absolute Gasteiger partial charge is 0.298 e. The van der Waals surface area contributed by atoms with Crippen molar-refractivity contribution in [2.75, 3.05) is 6.54 Å². The number of fused-ring (bicyclic) bond motifs is 3. The minimum absolute atomic E-state index is 0.491. The average Bonchev–Trinajstić information content (AvgIpc) is 2.95. The fourth-order valence-corrected chi connectivity index (χ4v) is 5.21. The van der Waals surface area contributed by atoms with E-state index in [1.54, 1.807) is 0 Å². The molecule has 2 nitrogen and oxygen atoms in total. The van der Waals surface area contributed by atoms with Gasteiger partial charge in [-0.25, -0.2) is 0 Å². The zero-order valence-electron chi connectivity index (χ0n) is 15.9. The minimum Gasteiger partial charge on any atom is -0.298 e. The number of piperidine rings is 1. The van der Waals surface area contributed by atoms with Crippen LogP contribution in [0.2, 0.25) is 0 Å². The van der Waals surface area contributed by atoms with Gasteiger partial charge in [0.05, 0.1) is 6.07 Å². The molecule has 2 heteroatoms. The van der Waals surface area contributed by atoms with Crippen LogP contribution in [0.1, 0.15) is 57.1 Å². The highest BCUT2D eigenvalue weighted by Gasteiger charge is 2.43. The van der Waals surface area contributed by atoms with Crippen molar-refractivity contribution >= 4 is 0 Å². The number of hydrogen-bond acceptors (Lipinski definition) is 2. The third kappa shape index (κ3) is 2.66. The van der Waals surface area contributed by atoms with Crippen molar-refractivity contribution in [2.45, 2.75) is 63.5 Å². The molecule has 0 aromatic heterocycles. The highest BCUT2D eigenvalue weighted by atomic mass is 15.2. The zero-order chi connectivity index (χ0) is 18.1. The van der Waals surface area contributed by atoms with Gasteiger partial charge in [-0.15, -0.1) is 0 Å². The molecule has 0 N–H and O–H groups in total. The highest BCUT2D eigenvalue weighted by molar-refractivity contribution is 5.82. The lowest BCUT2D eigenvalue weighted by molar-refractivity contribution is 0.100. The monoisotopic (exact) mass is 344 g/mol. The van der Waals surface area contributed by atoms with E-state index in [2.05, 4.69) is 73.3 Å². The van der Waals surface area contributed by atoms with Gasteiger partial charge in [0, 0.05) is 12.1 Å². The Morgan fingerprint density at radius 3 is 2.04 bits per heavy atom. The standard InChI is InChI=1S/C24H28N2/c1-18-9-7-10-19(2)26(18)16-8-15-24(17-25)22-13-5-3-11-20(22)21-12-4-6-14-23(21)24/h3-6,11-14,18-19H,7-10,15-16H2,1-2H3. The van der Waals surface area contributed by atoms with Crippen LogP contribution in [-0.2, 0) is 5.41 Å². The van der Waals surface area contributed by atoms with Crippen molar-refractivity contribution < 1.29 is 0 Å². The summed E-state index contributed by atoms with van der Waals surface area (Å²) in [6.45, 7) is 5.81. The fourth-order valence-electron chi connectivity index (χ4n) is 5.21. The highest BCUT2D eigenvalue weighted by Crippen LogP contribution is 2.50. The van der Waals surface area contributed by atoms with Gasteiger partial charge in [-0.1, -0.05) is 55.0 Å². The molecule has 2 aromatic carbocycles. The molecule has 1 fully saturated rings. The SMILES string of the molecule is CC1CCCC(C)N1CCCC1(C#N)c2ccccc2-c2ccccc21. The third-order valence-electron chi connectivity index (χ3n) is 6.60. The normalized spacial score (nSPS) is 23.9. The van der Waals surface area contributed by atoms with Gasteiger partial charge in [0.1, 0.15) is 5.41 Å². The fraction of sp³-hybridized carbons (Fsp3) is 0.458. The van der Waals surface area contributed by atoms with Crippen LogP contribution in [0.5, 0.6) is 0 Å². The maximum Gasteiger partial charge on any atom is 0.108 e. The maximum atomic E-state index is 10.3. The number of benzene rings is 2. The summed E-state index contributed by atoms with van der Waals surface area (Å²) in [6.07, 6.45) is 5.92. The molecule has 1 saturated heterocycles. The van der Waals surface area contributed by atoms with E-state index < -0.39 is 5.41 Å². The van der Waals surface area contributed by atoms with E-state index >= 15 is 0 Å². The van der Waals surface area contributed by atoms with Gasteiger partial charge in [-0.2, -0.15) is 5.26 Å². The minimum atomic E-state index is -0.491. The molecule has 1 heterocycles. The van der Waals surface area contributed by atoms with Gasteiger partial charge in [0.25, 0.3) is 0 Å². The van der Waals surface area contributed by atoms with Crippen LogP contribution in [0.3, 0.4) is 0 Å². The van der Waals surface area contributed by atoms with Gasteiger partial charge in [0.15, 0.2) is 0 Å². The van der Waals surface area contributed by atoms with Gasteiger partial charge in [-0.3, -0.25) is 4.90 Å². The summed E-state index contributed by atoms with van der Waals surface area (Å²) in [7, 11) is 0. The summed E-state index contributed by atoms with van der Waals surface area (Å²) in [5, 5.41) is 10.3. The molecule has 0 amide bonds. The molecule has 2 aliphatic rings. The van der Waals surface area contributed by atoms with E-state index in [1.807, 2.05) is 0 Å². The van der Waals surface area contributed by atoms with Crippen molar-refractivity contribution in [3.05, 3.63) is 59.7 Å². The smallest absolute Gasteiger partial charge is 0.108 e. The lowest BCUT2D eigenvalue weighted by atomic mass is 9.76. The molecule has 4 rings (SSSR count). The Morgan fingerprint density at radius 1 is 0.962 bits per heavy atom. The van der Waals surface area contributed by atoms with Gasteiger partial charge >= 0.3 is 0 Å². The molecule has 1 aliphatic heterocycles. The van der Waals surface area contributed by atoms with Crippen LogP contribution in [-0.4, -0.2) is 23.5 Å². The second-order valence-electron chi connectivity index (χ2n) is 8.08. The Balaban J connectivity index is 1.61. The molecule has 2 atom stereocenters. The number of nitriles is 1. The molecule has 0 spiro atoms. The Labute approximate surface area is 157 Å². The molecular formula is C24H28N2. The van der Waals surface area contributed by atoms with Crippen LogP contribution in [0, 0.1) is 11.3 Å². The van der Waals surface area contributed by atoms with Gasteiger partial charge in [0.2, 0.25) is 0 Å². The van der Waals surface area contributed by atoms with Crippen molar-refractivity contribution in [1.82, 2.24) is 4.90 Å². The summed E-state index contributed by atoms with van der Waals surface area (Å²) < 4.78 is 0. The van der Waals surface area contributed by atoms with Crippen LogP contribution >= 0.6 is 0 Å². The molecule has 134 valence electrons. The van der Waals surface area contributed by atoms with E-state index in [-0.39, 0.29) is 0 Å². The summed E-state index contributed by atoms with van der Waals surface area (Å²) in [4.78, 5) is 2.65. The first-order chi connectivity index (χ1) is 12.7. The van der Waals surface area contributed by atoms with Gasteiger partial charge in [-0.05, 0) is 68.3 Å². The number of nitrogens with zero attached hydrogens (tertiary/aromatic N) is 2. The average molecular weight is 345 g/mol. The second kappa shape index (κ2) is 6.89. The second-order valence-corrected chi connectivity index (χ2v) is 8.08. The van der Waals surface area contributed by atoms with E-state index in [0.717, 1.165) is 19.4 Å². The summed E-state index contributed by atoms with van der Waals surface area (Å²) in [5.74, 6) is 0. The van der Waals surface area contributed by atoms with Crippen molar-refractivity contribution in [3.8, 4) is 17.2 Å². The van der Waals surface area contributed by atoms with Crippen molar-refractivity contribution in [3.63, 3.8) is 0 Å². The zero-order valence-corrected chi connectivity index (χ0v) is 15.9. The lowest BCUT2D eigenvalue weighted by Gasteiger charge is -2.39. The maximum absolute atomic E-state index is 10.3. The first kappa shape index (κ1) is 17.3. The first-order valence-corrected chi connectivity index (χ1v) is 10.0. The van der Waals surface area contributed by atoms with Crippen LogP contribution in [0.4, 0.5) is 0 Å². The summed E-state index contributed by atoms with van der Waals surface area (Å²) in [5.41, 5.74) is 4.38. The van der Waals surface area contributed by atoms with E-state index in [4.69, 9.17) is 0 Å². The topological polar surface area (TPSA) is 27.0 Å². The van der Waals surface area contributed by atoms with Crippen molar-refractivity contribution in [1.29, 1.82) is 5.26 Å². The molecular weight excluding hydrogens is 316 g/mol. The van der Waals surface area contributed by atoms with E-state index in [1.165, 1.54) is 41.5 Å². The number of hydrogen-bond donors (Lipinski definition) is 0. The van der Waals surface area contributed by atoms with Crippen LogP contribution < -0.4 is 0 Å². The van der Waals surface area contributed by atoms with Crippen LogP contribution in [0.25, 0.3) is 11.1 Å². The third-order valence-corrected chi connectivity index (χ3v) is 6.60. The summed E-state index contributed by atoms with van der Waals surface area (Å²) in [6, 6.07) is 21.0. The van der Waals surface area contributed by atoms with Gasteiger partial charge < -0.3 is 0 Å². The molecule has 0 saturated carbocycles. The predicted octanol–water partition coefficient (Wildman–Crippen LogP) is 5.52. The number of rotatable bonds is 4. The van der Waals surface area contributed by atoms with Crippen LogP contribution in [0.15, 0.2) is 48.5 Å². The summed E-state index contributed by atoms with van der Waals surface area (Å²) >= 11 is 0. The molecule has 2 unspecified atom stereocenters. The molecule has 1 aliphatic carbocycles. The Kier molecular flexibility index (Phi) is 4.59. The Morgan fingerprint density at radius 2 is 1.50 bits per heavy atom. The lowest BCUT2D eigenvalue weighted by Crippen LogP contribution is -2.44. The molecule has 0 radical (unpaired) electrons. The van der Waals surface area contributed by atoms with Crippen molar-refractivity contribution in [2.24, 2.45) is 0 Å². The molecule has 26 heavy (non-hydrogen) atoms. The quantitative estimate of drug-likeness (QED) is 0.730. The van der Waals surface area contributed by atoms with E-state index in [0.29, 0.717) is 12.1 Å². The molecule has 0 bridgehead atoms. The first-order valence-electron chi connectivity index (χ1n) is 10.0. The predicted molar refractivity (Wildman–Crippen MR) is 107 cm³/mol. The Bertz CT molecular complexity index is 777. The Hall–Kier alpha value is -2.11. The molecule has 2 aromatic rings. The number of likely N-dealkylation sites (tertiary alicyclic amines) is 1. The van der Waals surface area contributed by atoms with E-state index in [9.17, 15) is 5.26 Å².